The summed E-state index contributed by atoms with van der Waals surface area (Å²) in [6, 6.07) is 0. The molecule has 0 amide bonds. The normalized spacial score (nSPS) is 12.5. The predicted molar refractivity (Wildman–Crippen MR) is 54.0 cm³/mol. The molecular formula is C9H5F3O5S. The first-order chi connectivity index (χ1) is 8.14. The Bertz CT molecular complexity index is 529. The first-order valence-corrected chi connectivity index (χ1v) is 5.08. The summed E-state index contributed by atoms with van der Waals surface area (Å²) in [5.41, 5.74) is -0.594. The zero-order chi connectivity index (χ0) is 14.1. The first-order valence-electron chi connectivity index (χ1n) is 4.20. The van der Waals surface area contributed by atoms with E-state index in [0.717, 1.165) is 5.38 Å². The number of carbonyl (C=O) groups is 2. The van der Waals surface area contributed by atoms with E-state index in [0.29, 0.717) is 11.3 Å². The van der Waals surface area contributed by atoms with Crippen molar-refractivity contribution in [1.29, 1.82) is 0 Å². The zero-order valence-electron chi connectivity index (χ0n) is 8.35. The fourth-order valence-corrected chi connectivity index (χ4v) is 1.79. The lowest BCUT2D eigenvalue weighted by atomic mass is 10.2. The van der Waals surface area contributed by atoms with Gasteiger partial charge < -0.3 is 15.3 Å². The molecule has 0 aliphatic rings. The van der Waals surface area contributed by atoms with Gasteiger partial charge in [-0.15, -0.1) is 11.3 Å². The van der Waals surface area contributed by atoms with Crippen molar-refractivity contribution in [3.05, 3.63) is 27.7 Å². The molecule has 0 radical (unpaired) electrons. The summed E-state index contributed by atoms with van der Waals surface area (Å²) in [6.45, 7) is 0. The molecule has 0 unspecified atom stereocenters. The van der Waals surface area contributed by atoms with Crippen LogP contribution in [0.2, 0.25) is 0 Å². The molecular weight excluding hydrogens is 277 g/mol. The highest BCUT2D eigenvalue weighted by Gasteiger charge is 2.35. The third kappa shape index (κ3) is 2.80. The van der Waals surface area contributed by atoms with Crippen molar-refractivity contribution >= 4 is 23.1 Å². The molecule has 0 saturated carbocycles. The van der Waals surface area contributed by atoms with Crippen LogP contribution in [0, 0.1) is 0 Å². The van der Waals surface area contributed by atoms with Crippen LogP contribution in [0.5, 0.6) is 5.75 Å². The van der Waals surface area contributed by atoms with E-state index in [-0.39, 0.29) is 6.08 Å². The second kappa shape index (κ2) is 4.69. The number of carboxylic acids is 1. The number of carboxylic acid groups (broad SMARTS) is 1. The van der Waals surface area contributed by atoms with Crippen LogP contribution in [0.15, 0.2) is 17.2 Å². The topological polar surface area (TPSA) is 94.8 Å². The molecule has 18 heavy (non-hydrogen) atoms. The van der Waals surface area contributed by atoms with Gasteiger partial charge in [0.05, 0.1) is 0 Å². The van der Waals surface area contributed by atoms with Gasteiger partial charge in [-0.1, -0.05) is 0 Å². The fraction of sp³-hybridized carbons (Fsp3) is 0.111. The van der Waals surface area contributed by atoms with E-state index in [1.165, 1.54) is 0 Å². The number of aliphatic hydroxyl groups is 1. The van der Waals surface area contributed by atoms with Crippen molar-refractivity contribution < 1.29 is 38.1 Å². The lowest BCUT2D eigenvalue weighted by Crippen LogP contribution is -2.12. The number of aromatic carboxylic acids is 1. The molecule has 5 nitrogen and oxygen atoms in total. The SMILES string of the molecule is O=C(O)c1csc(C(=O)/C=C(/O)C(F)(F)F)c1O. The molecule has 0 bridgehead atoms. The van der Waals surface area contributed by atoms with Crippen LogP contribution >= 0.6 is 11.3 Å². The van der Waals surface area contributed by atoms with Gasteiger partial charge in [0.15, 0.2) is 5.75 Å². The van der Waals surface area contributed by atoms with Crippen molar-refractivity contribution in [1.82, 2.24) is 0 Å². The van der Waals surface area contributed by atoms with Crippen LogP contribution in [0.3, 0.4) is 0 Å². The quantitative estimate of drug-likeness (QED) is 0.449. The standard InChI is InChI=1S/C9H5F3O5S/c10-9(11,12)5(14)1-4(13)7-6(15)3(2-18-7)8(16)17/h1-2,14-15H,(H,16,17)/b5-1+. The maximum atomic E-state index is 11.9. The van der Waals surface area contributed by atoms with Crippen LogP contribution in [0.25, 0.3) is 0 Å². The Labute approximate surface area is 101 Å². The Morgan fingerprint density at radius 2 is 1.83 bits per heavy atom. The monoisotopic (exact) mass is 282 g/mol. The first kappa shape index (κ1) is 14.0. The van der Waals surface area contributed by atoms with E-state index in [1.807, 2.05) is 0 Å². The van der Waals surface area contributed by atoms with E-state index in [9.17, 15) is 27.9 Å². The van der Waals surface area contributed by atoms with Gasteiger partial charge in [0.2, 0.25) is 11.5 Å². The summed E-state index contributed by atoms with van der Waals surface area (Å²) < 4.78 is 35.8. The van der Waals surface area contributed by atoms with Gasteiger partial charge in [0, 0.05) is 11.5 Å². The molecule has 3 N–H and O–H groups in total. The lowest BCUT2D eigenvalue weighted by molar-refractivity contribution is -0.120. The average molecular weight is 282 g/mol. The van der Waals surface area contributed by atoms with Gasteiger partial charge in [-0.05, 0) is 0 Å². The summed E-state index contributed by atoms with van der Waals surface area (Å²) in [7, 11) is 0. The molecule has 0 fully saturated rings. The molecule has 1 heterocycles. The van der Waals surface area contributed by atoms with Crippen LogP contribution < -0.4 is 0 Å². The number of hydrogen-bond donors (Lipinski definition) is 3. The minimum absolute atomic E-state index is 0.128. The molecule has 1 aromatic rings. The van der Waals surface area contributed by atoms with Crippen LogP contribution in [0.1, 0.15) is 20.0 Å². The van der Waals surface area contributed by atoms with E-state index >= 15 is 0 Å². The molecule has 98 valence electrons. The maximum Gasteiger partial charge on any atom is 0.448 e. The smallest absolute Gasteiger partial charge is 0.448 e. The van der Waals surface area contributed by atoms with E-state index in [1.54, 1.807) is 0 Å². The highest BCUT2D eigenvalue weighted by atomic mass is 32.1. The molecule has 1 rings (SSSR count). The Morgan fingerprint density at radius 3 is 2.22 bits per heavy atom. The van der Waals surface area contributed by atoms with Crippen molar-refractivity contribution in [2.45, 2.75) is 6.18 Å². The summed E-state index contributed by atoms with van der Waals surface area (Å²) in [6.07, 6.45) is -5.21. The van der Waals surface area contributed by atoms with Crippen molar-refractivity contribution in [2.75, 3.05) is 0 Å². The number of thiophene rings is 1. The van der Waals surface area contributed by atoms with Crippen molar-refractivity contribution in [3.8, 4) is 5.75 Å². The minimum Gasteiger partial charge on any atom is -0.505 e. The summed E-state index contributed by atoms with van der Waals surface area (Å²) in [5.74, 6) is -5.91. The lowest BCUT2D eigenvalue weighted by Gasteiger charge is -2.03. The predicted octanol–water partition coefficient (Wildman–Crippen LogP) is 2.34. The van der Waals surface area contributed by atoms with Crippen molar-refractivity contribution in [3.63, 3.8) is 0 Å². The maximum absolute atomic E-state index is 11.9. The third-order valence-electron chi connectivity index (χ3n) is 1.78. The van der Waals surface area contributed by atoms with Crippen LogP contribution in [-0.2, 0) is 0 Å². The van der Waals surface area contributed by atoms with Crippen LogP contribution in [-0.4, -0.2) is 33.2 Å². The van der Waals surface area contributed by atoms with Gasteiger partial charge in [0.25, 0.3) is 0 Å². The van der Waals surface area contributed by atoms with Gasteiger partial charge >= 0.3 is 12.1 Å². The molecule has 0 saturated heterocycles. The molecule has 0 aliphatic carbocycles. The van der Waals surface area contributed by atoms with Crippen molar-refractivity contribution in [2.24, 2.45) is 0 Å². The molecule has 1 aromatic heterocycles. The largest absolute Gasteiger partial charge is 0.505 e. The number of hydrogen-bond acceptors (Lipinski definition) is 5. The van der Waals surface area contributed by atoms with Gasteiger partial charge in [-0.3, -0.25) is 4.79 Å². The Balaban J connectivity index is 3.10. The molecule has 0 aromatic carbocycles. The van der Waals surface area contributed by atoms with E-state index in [2.05, 4.69) is 0 Å². The molecule has 0 aliphatic heterocycles. The minimum atomic E-state index is -5.09. The Kier molecular flexibility index (Phi) is 3.65. The molecule has 0 atom stereocenters. The summed E-state index contributed by atoms with van der Waals surface area (Å²) in [5, 5.41) is 27.3. The number of halogens is 3. The number of aromatic hydroxyl groups is 1. The number of aliphatic hydroxyl groups excluding tert-OH is 1. The number of rotatable bonds is 3. The van der Waals surface area contributed by atoms with E-state index < -0.39 is 39.9 Å². The second-order valence-electron chi connectivity index (χ2n) is 3.02. The van der Waals surface area contributed by atoms with Gasteiger partial charge in [-0.2, -0.15) is 13.2 Å². The number of ketones is 1. The Morgan fingerprint density at radius 1 is 1.28 bits per heavy atom. The van der Waals surface area contributed by atoms with Gasteiger partial charge in [0.1, 0.15) is 10.4 Å². The Hall–Kier alpha value is -2.03. The number of allylic oxidation sites excluding steroid dienone is 2. The zero-order valence-corrected chi connectivity index (χ0v) is 9.17. The van der Waals surface area contributed by atoms with Crippen LogP contribution in [0.4, 0.5) is 13.2 Å². The van der Waals surface area contributed by atoms with Gasteiger partial charge in [-0.25, -0.2) is 4.79 Å². The number of carbonyl (C=O) groups excluding carboxylic acids is 1. The highest BCUT2D eigenvalue weighted by Crippen LogP contribution is 2.31. The number of alkyl halides is 3. The molecule has 0 spiro atoms. The third-order valence-corrected chi connectivity index (χ3v) is 2.76. The summed E-state index contributed by atoms with van der Waals surface area (Å²) in [4.78, 5) is 21.2. The average Bonchev–Trinajstić information content (AvgIpc) is 2.58. The summed E-state index contributed by atoms with van der Waals surface area (Å²) >= 11 is 0.462. The molecule has 9 heteroatoms. The van der Waals surface area contributed by atoms with E-state index in [4.69, 9.17) is 10.2 Å². The fourth-order valence-electron chi connectivity index (χ4n) is 0.950. The highest BCUT2D eigenvalue weighted by molar-refractivity contribution is 7.13. The second-order valence-corrected chi connectivity index (χ2v) is 3.90.